The van der Waals surface area contributed by atoms with Crippen LogP contribution in [0.1, 0.15) is 52.4 Å². The summed E-state index contributed by atoms with van der Waals surface area (Å²) >= 11 is 0. The van der Waals surface area contributed by atoms with Crippen molar-refractivity contribution in [2.24, 2.45) is 35.5 Å². The molecule has 0 radical (unpaired) electrons. The van der Waals surface area contributed by atoms with Gasteiger partial charge >= 0.3 is 0 Å². The van der Waals surface area contributed by atoms with Gasteiger partial charge in [0.25, 0.3) is 0 Å². The molecule has 0 aromatic rings. The quantitative estimate of drug-likeness (QED) is 0.856. The fourth-order valence-electron chi connectivity index (χ4n) is 5.33. The molecule has 4 rings (SSSR count). The second-order valence-corrected chi connectivity index (χ2v) is 7.78. The fraction of sp³-hybridized carbons (Fsp3) is 0.882. The van der Waals surface area contributed by atoms with Crippen LogP contribution < -0.4 is 5.32 Å². The van der Waals surface area contributed by atoms with Crippen LogP contribution in [0, 0.1) is 46.8 Å². The van der Waals surface area contributed by atoms with Crippen LogP contribution in [0.5, 0.6) is 0 Å². The van der Waals surface area contributed by atoms with Crippen molar-refractivity contribution < 1.29 is 4.79 Å². The van der Waals surface area contributed by atoms with Crippen LogP contribution in [0.4, 0.5) is 0 Å². The van der Waals surface area contributed by atoms with Crippen LogP contribution in [-0.4, -0.2) is 11.9 Å². The van der Waals surface area contributed by atoms with Crippen molar-refractivity contribution in [3.63, 3.8) is 0 Å². The highest BCUT2D eigenvalue weighted by atomic mass is 16.1. The smallest absolute Gasteiger partial charge is 0.221 e. The van der Waals surface area contributed by atoms with Crippen molar-refractivity contribution in [1.29, 1.82) is 5.26 Å². The Labute approximate surface area is 122 Å². The summed E-state index contributed by atoms with van der Waals surface area (Å²) in [6, 6.07) is 2.15. The number of hydrogen-bond acceptors (Lipinski definition) is 2. The summed E-state index contributed by atoms with van der Waals surface area (Å²) < 4.78 is 0. The fourth-order valence-corrected chi connectivity index (χ4v) is 5.33. The summed E-state index contributed by atoms with van der Waals surface area (Å²) in [5.41, 5.74) is 0. The first-order valence-electron chi connectivity index (χ1n) is 8.25. The minimum atomic E-state index is -0.253. The van der Waals surface area contributed by atoms with Crippen molar-refractivity contribution in [3.05, 3.63) is 0 Å². The van der Waals surface area contributed by atoms with E-state index in [9.17, 15) is 10.1 Å². The number of nitrogens with one attached hydrogen (secondary N) is 1. The lowest BCUT2D eigenvalue weighted by molar-refractivity contribution is -0.123. The zero-order valence-electron chi connectivity index (χ0n) is 12.6. The van der Waals surface area contributed by atoms with Gasteiger partial charge in [-0.2, -0.15) is 5.26 Å². The number of hydrogen-bond donors (Lipinski definition) is 1. The van der Waals surface area contributed by atoms with Gasteiger partial charge in [0.15, 0.2) is 0 Å². The molecule has 4 aliphatic carbocycles. The normalized spacial score (nSPS) is 39.6. The third kappa shape index (κ3) is 2.57. The summed E-state index contributed by atoms with van der Waals surface area (Å²) in [6.45, 7) is 4.09. The zero-order valence-corrected chi connectivity index (χ0v) is 12.6. The van der Waals surface area contributed by atoms with E-state index in [1.54, 1.807) is 0 Å². The molecule has 20 heavy (non-hydrogen) atoms. The number of nitriles is 1. The SMILES string of the molecule is CC(C)CC(=O)NC(C#N)C1C2CC3CC(C2)CC1C3. The van der Waals surface area contributed by atoms with Crippen LogP contribution in [0.3, 0.4) is 0 Å². The van der Waals surface area contributed by atoms with Crippen molar-refractivity contribution in [1.82, 2.24) is 5.32 Å². The van der Waals surface area contributed by atoms with Gasteiger partial charge in [-0.15, -0.1) is 0 Å². The Morgan fingerprint density at radius 1 is 1.15 bits per heavy atom. The molecule has 0 aromatic carbocycles. The van der Waals surface area contributed by atoms with Crippen molar-refractivity contribution in [2.45, 2.75) is 58.4 Å². The van der Waals surface area contributed by atoms with Crippen LogP contribution >= 0.6 is 0 Å². The molecule has 4 fully saturated rings. The first-order valence-corrected chi connectivity index (χ1v) is 8.25. The van der Waals surface area contributed by atoms with Crippen molar-refractivity contribution in [2.75, 3.05) is 0 Å². The number of carbonyl (C=O) groups excluding carboxylic acids is 1. The average molecular weight is 274 g/mol. The maximum absolute atomic E-state index is 12.0. The number of carbonyl (C=O) groups is 1. The van der Waals surface area contributed by atoms with Gasteiger partial charge in [-0.1, -0.05) is 13.8 Å². The molecule has 4 aliphatic rings. The van der Waals surface area contributed by atoms with E-state index in [0.29, 0.717) is 30.1 Å². The molecule has 3 nitrogen and oxygen atoms in total. The van der Waals surface area contributed by atoms with E-state index in [4.69, 9.17) is 0 Å². The Hall–Kier alpha value is -1.04. The number of nitrogens with zero attached hydrogens (tertiary/aromatic N) is 1. The standard InChI is InChI=1S/C17H26N2O/c1-10(2)3-16(20)19-15(9-18)17-13-5-11-4-12(7-13)8-14(17)6-11/h10-15,17H,3-8H2,1-2H3,(H,19,20). The van der Waals surface area contributed by atoms with Gasteiger partial charge in [-0.25, -0.2) is 0 Å². The highest BCUT2D eigenvalue weighted by Gasteiger charge is 2.50. The third-order valence-electron chi connectivity index (χ3n) is 5.73. The minimum Gasteiger partial charge on any atom is -0.340 e. The molecule has 1 atom stereocenters. The van der Waals surface area contributed by atoms with Gasteiger partial charge in [-0.3, -0.25) is 4.79 Å². The van der Waals surface area contributed by atoms with Crippen molar-refractivity contribution >= 4 is 5.91 Å². The van der Waals surface area contributed by atoms with Gasteiger partial charge in [-0.05, 0) is 67.6 Å². The molecule has 0 heterocycles. The number of rotatable bonds is 4. The van der Waals surface area contributed by atoms with Gasteiger partial charge < -0.3 is 5.32 Å². The van der Waals surface area contributed by atoms with Gasteiger partial charge in [0.1, 0.15) is 6.04 Å². The molecule has 0 aliphatic heterocycles. The second kappa shape index (κ2) is 5.39. The summed E-state index contributed by atoms with van der Waals surface area (Å²) in [5, 5.41) is 12.6. The molecule has 1 N–H and O–H groups in total. The summed E-state index contributed by atoms with van der Waals surface area (Å²) in [5.74, 6) is 4.04. The van der Waals surface area contributed by atoms with E-state index >= 15 is 0 Å². The first kappa shape index (κ1) is 13.9. The molecular weight excluding hydrogens is 248 g/mol. The minimum absolute atomic E-state index is 0.0559. The van der Waals surface area contributed by atoms with E-state index in [0.717, 1.165) is 11.8 Å². The van der Waals surface area contributed by atoms with E-state index < -0.39 is 0 Å². The van der Waals surface area contributed by atoms with Gasteiger partial charge in [0.05, 0.1) is 6.07 Å². The van der Waals surface area contributed by atoms with Crippen LogP contribution in [-0.2, 0) is 4.79 Å². The maximum atomic E-state index is 12.0. The first-order chi connectivity index (χ1) is 9.56. The van der Waals surface area contributed by atoms with E-state index in [1.165, 1.54) is 32.1 Å². The summed E-state index contributed by atoms with van der Waals surface area (Å²) in [7, 11) is 0. The highest BCUT2D eigenvalue weighted by Crippen LogP contribution is 2.57. The molecule has 0 aromatic heterocycles. The lowest BCUT2D eigenvalue weighted by Crippen LogP contribution is -2.53. The van der Waals surface area contributed by atoms with E-state index in [-0.39, 0.29) is 11.9 Å². The van der Waals surface area contributed by atoms with E-state index in [1.807, 2.05) is 13.8 Å². The lowest BCUT2D eigenvalue weighted by atomic mass is 9.50. The Kier molecular flexibility index (Phi) is 3.75. The highest BCUT2D eigenvalue weighted by molar-refractivity contribution is 5.76. The predicted molar refractivity (Wildman–Crippen MR) is 77.5 cm³/mol. The van der Waals surface area contributed by atoms with Crippen LogP contribution in [0.25, 0.3) is 0 Å². The molecule has 1 amide bonds. The monoisotopic (exact) mass is 274 g/mol. The Morgan fingerprint density at radius 3 is 2.15 bits per heavy atom. The topological polar surface area (TPSA) is 52.9 Å². The molecule has 0 saturated heterocycles. The maximum Gasteiger partial charge on any atom is 0.221 e. The third-order valence-corrected chi connectivity index (χ3v) is 5.73. The van der Waals surface area contributed by atoms with Gasteiger partial charge in [0, 0.05) is 6.42 Å². The predicted octanol–water partition coefficient (Wildman–Crippen LogP) is 3.11. The van der Waals surface area contributed by atoms with E-state index in [2.05, 4.69) is 11.4 Å². The zero-order chi connectivity index (χ0) is 14.3. The Morgan fingerprint density at radius 2 is 1.70 bits per heavy atom. The largest absolute Gasteiger partial charge is 0.340 e. The lowest BCUT2D eigenvalue weighted by Gasteiger charge is -2.55. The Bertz CT molecular complexity index is 395. The molecule has 0 spiro atoms. The van der Waals surface area contributed by atoms with Crippen LogP contribution in [0.2, 0.25) is 0 Å². The molecule has 3 heteroatoms. The summed E-state index contributed by atoms with van der Waals surface area (Å²) in [6.07, 6.45) is 7.17. The summed E-state index contributed by atoms with van der Waals surface area (Å²) in [4.78, 5) is 12.0. The number of amides is 1. The van der Waals surface area contributed by atoms with Gasteiger partial charge in [0.2, 0.25) is 5.91 Å². The molecule has 4 saturated carbocycles. The Balaban J connectivity index is 1.67. The molecule has 4 bridgehead atoms. The molecule has 110 valence electrons. The average Bonchev–Trinajstić information content (AvgIpc) is 2.35. The van der Waals surface area contributed by atoms with Crippen molar-refractivity contribution in [3.8, 4) is 6.07 Å². The van der Waals surface area contributed by atoms with Crippen LogP contribution in [0.15, 0.2) is 0 Å². The molecular formula is C17H26N2O. The molecule has 1 unspecified atom stereocenters. The second-order valence-electron chi connectivity index (χ2n) is 7.78.